The molecule has 2 aromatic heterocycles. The second-order valence-electron chi connectivity index (χ2n) is 8.48. The van der Waals surface area contributed by atoms with E-state index >= 15 is 0 Å². The van der Waals surface area contributed by atoms with Gasteiger partial charge in [-0.3, -0.25) is 14.3 Å². The lowest BCUT2D eigenvalue weighted by Crippen LogP contribution is -2.47. The Morgan fingerprint density at radius 1 is 0.871 bits per heavy atom. The average Bonchev–Trinajstić information content (AvgIpc) is 3.33. The van der Waals surface area contributed by atoms with Crippen LogP contribution >= 0.6 is 0 Å². The standard InChI is InChI=1S/C23H29N7O/c1-18-14-22(31)30(17-26-18)13-10-27-8-11-28(12-9-27)19-4-5-21-20(15-19)23(25-16-24-21)29-6-2-3-7-29/h4-5,14-17H,2-3,6-13H2,1H3. The van der Waals surface area contributed by atoms with Crippen molar-refractivity contribution >= 4 is 22.4 Å². The van der Waals surface area contributed by atoms with Crippen LogP contribution in [0.3, 0.4) is 0 Å². The zero-order valence-corrected chi connectivity index (χ0v) is 18.1. The number of anilines is 2. The van der Waals surface area contributed by atoms with Crippen molar-refractivity contribution < 1.29 is 0 Å². The van der Waals surface area contributed by atoms with Gasteiger partial charge in [-0.15, -0.1) is 0 Å². The zero-order chi connectivity index (χ0) is 21.2. The summed E-state index contributed by atoms with van der Waals surface area (Å²) in [6.45, 7) is 9.45. The molecular weight excluding hydrogens is 390 g/mol. The van der Waals surface area contributed by atoms with Crippen molar-refractivity contribution in [2.75, 3.05) is 55.6 Å². The lowest BCUT2D eigenvalue weighted by Gasteiger charge is -2.36. The van der Waals surface area contributed by atoms with Crippen LogP contribution in [0.15, 0.2) is 41.7 Å². The van der Waals surface area contributed by atoms with E-state index in [9.17, 15) is 4.79 Å². The van der Waals surface area contributed by atoms with Crippen molar-refractivity contribution in [1.82, 2.24) is 24.4 Å². The molecule has 5 rings (SSSR count). The van der Waals surface area contributed by atoms with Gasteiger partial charge < -0.3 is 9.80 Å². The third kappa shape index (κ3) is 4.25. The number of aromatic nitrogens is 4. The maximum absolute atomic E-state index is 12.1. The van der Waals surface area contributed by atoms with Gasteiger partial charge in [-0.1, -0.05) is 0 Å². The molecule has 0 aliphatic carbocycles. The number of aryl methyl sites for hydroxylation is 1. The van der Waals surface area contributed by atoms with E-state index in [2.05, 4.69) is 47.9 Å². The van der Waals surface area contributed by atoms with E-state index in [-0.39, 0.29) is 5.56 Å². The van der Waals surface area contributed by atoms with Gasteiger partial charge >= 0.3 is 0 Å². The lowest BCUT2D eigenvalue weighted by molar-refractivity contribution is 0.247. The first-order valence-electron chi connectivity index (χ1n) is 11.2. The molecule has 1 aromatic carbocycles. The van der Waals surface area contributed by atoms with Gasteiger partial charge in [0.25, 0.3) is 5.56 Å². The Bertz CT molecular complexity index is 1110. The lowest BCUT2D eigenvalue weighted by atomic mass is 10.1. The molecule has 2 aliphatic rings. The minimum atomic E-state index is 0.0262. The Morgan fingerprint density at radius 3 is 2.45 bits per heavy atom. The van der Waals surface area contributed by atoms with Crippen LogP contribution in [0.25, 0.3) is 10.9 Å². The highest BCUT2D eigenvalue weighted by Crippen LogP contribution is 2.29. The number of rotatable bonds is 5. The second kappa shape index (κ2) is 8.63. The molecule has 2 fully saturated rings. The Labute approximate surface area is 182 Å². The largest absolute Gasteiger partial charge is 0.369 e. The van der Waals surface area contributed by atoms with Gasteiger partial charge in [0.1, 0.15) is 12.1 Å². The molecule has 0 spiro atoms. The van der Waals surface area contributed by atoms with Crippen molar-refractivity contribution in [3.63, 3.8) is 0 Å². The molecule has 2 aliphatic heterocycles. The van der Waals surface area contributed by atoms with Crippen LogP contribution in [0, 0.1) is 6.92 Å². The third-order valence-corrected chi connectivity index (χ3v) is 6.41. The smallest absolute Gasteiger partial charge is 0.253 e. The minimum Gasteiger partial charge on any atom is -0.369 e. The summed E-state index contributed by atoms with van der Waals surface area (Å²) in [7, 11) is 0. The number of fused-ring (bicyclic) bond motifs is 1. The summed E-state index contributed by atoms with van der Waals surface area (Å²) in [5.74, 6) is 1.07. The van der Waals surface area contributed by atoms with Crippen LogP contribution in [0.2, 0.25) is 0 Å². The summed E-state index contributed by atoms with van der Waals surface area (Å²) in [6, 6.07) is 8.15. The highest BCUT2D eigenvalue weighted by molar-refractivity contribution is 5.92. The van der Waals surface area contributed by atoms with Crippen LogP contribution in [-0.4, -0.2) is 70.2 Å². The average molecular weight is 420 g/mol. The monoisotopic (exact) mass is 419 g/mol. The van der Waals surface area contributed by atoms with Crippen LogP contribution in [-0.2, 0) is 6.54 Å². The summed E-state index contributed by atoms with van der Waals surface area (Å²) in [6.07, 6.45) is 5.81. The van der Waals surface area contributed by atoms with Gasteiger partial charge in [0.2, 0.25) is 0 Å². The minimum absolute atomic E-state index is 0.0262. The van der Waals surface area contributed by atoms with E-state index < -0.39 is 0 Å². The number of nitrogens with zero attached hydrogens (tertiary/aromatic N) is 7. The fourth-order valence-electron chi connectivity index (χ4n) is 4.57. The summed E-state index contributed by atoms with van der Waals surface area (Å²) in [5.41, 5.74) is 3.04. The first-order valence-corrected chi connectivity index (χ1v) is 11.2. The molecular formula is C23H29N7O. The zero-order valence-electron chi connectivity index (χ0n) is 18.1. The van der Waals surface area contributed by atoms with Crippen LogP contribution < -0.4 is 15.4 Å². The summed E-state index contributed by atoms with van der Waals surface area (Å²) in [4.78, 5) is 32.6. The van der Waals surface area contributed by atoms with Crippen LogP contribution in [0.5, 0.6) is 0 Å². The van der Waals surface area contributed by atoms with Gasteiger partial charge in [0.05, 0.1) is 11.8 Å². The molecule has 3 aromatic rings. The molecule has 0 atom stereocenters. The van der Waals surface area contributed by atoms with E-state index in [0.717, 1.165) is 68.2 Å². The molecule has 0 amide bonds. The summed E-state index contributed by atoms with van der Waals surface area (Å²) < 4.78 is 1.70. The van der Waals surface area contributed by atoms with Crippen molar-refractivity contribution in [3.8, 4) is 0 Å². The van der Waals surface area contributed by atoms with Gasteiger partial charge in [0, 0.05) is 75.2 Å². The van der Waals surface area contributed by atoms with E-state index in [4.69, 9.17) is 0 Å². The third-order valence-electron chi connectivity index (χ3n) is 6.41. The number of hydrogen-bond donors (Lipinski definition) is 0. The molecule has 2 saturated heterocycles. The summed E-state index contributed by atoms with van der Waals surface area (Å²) in [5, 5.41) is 1.15. The second-order valence-corrected chi connectivity index (χ2v) is 8.48. The number of benzene rings is 1. The molecule has 8 nitrogen and oxygen atoms in total. The molecule has 8 heteroatoms. The normalized spacial score (nSPS) is 17.6. The quantitative estimate of drug-likeness (QED) is 0.626. The maximum Gasteiger partial charge on any atom is 0.253 e. The molecule has 0 unspecified atom stereocenters. The summed E-state index contributed by atoms with van der Waals surface area (Å²) >= 11 is 0. The van der Waals surface area contributed by atoms with E-state index in [1.54, 1.807) is 23.3 Å². The van der Waals surface area contributed by atoms with Crippen molar-refractivity contribution in [3.05, 3.63) is 53.0 Å². The van der Waals surface area contributed by atoms with Crippen LogP contribution in [0.1, 0.15) is 18.5 Å². The van der Waals surface area contributed by atoms with Crippen LogP contribution in [0.4, 0.5) is 11.5 Å². The molecule has 0 radical (unpaired) electrons. The van der Waals surface area contributed by atoms with Crippen molar-refractivity contribution in [2.24, 2.45) is 0 Å². The number of hydrogen-bond acceptors (Lipinski definition) is 7. The molecule has 0 saturated carbocycles. The van der Waals surface area contributed by atoms with E-state index in [1.807, 2.05) is 6.92 Å². The van der Waals surface area contributed by atoms with Gasteiger partial charge in [-0.05, 0) is 38.0 Å². The van der Waals surface area contributed by atoms with Gasteiger partial charge in [-0.2, -0.15) is 0 Å². The highest BCUT2D eigenvalue weighted by atomic mass is 16.1. The van der Waals surface area contributed by atoms with E-state index in [0.29, 0.717) is 6.54 Å². The fourth-order valence-corrected chi connectivity index (χ4v) is 4.57. The van der Waals surface area contributed by atoms with Crippen molar-refractivity contribution in [1.29, 1.82) is 0 Å². The SMILES string of the molecule is Cc1cc(=O)n(CCN2CCN(c3ccc4ncnc(N5CCCC5)c4c3)CC2)cn1. The molecule has 4 heterocycles. The first kappa shape index (κ1) is 19.9. The van der Waals surface area contributed by atoms with Gasteiger partial charge in [-0.25, -0.2) is 15.0 Å². The fraction of sp³-hybridized carbons (Fsp3) is 0.478. The number of piperazine rings is 1. The maximum atomic E-state index is 12.1. The highest BCUT2D eigenvalue weighted by Gasteiger charge is 2.20. The molecule has 0 N–H and O–H groups in total. The van der Waals surface area contributed by atoms with Gasteiger partial charge in [0.15, 0.2) is 0 Å². The predicted molar refractivity (Wildman–Crippen MR) is 123 cm³/mol. The topological polar surface area (TPSA) is 70.4 Å². The molecule has 162 valence electrons. The predicted octanol–water partition coefficient (Wildman–Crippen LogP) is 1.92. The van der Waals surface area contributed by atoms with Crippen molar-refractivity contribution in [2.45, 2.75) is 26.3 Å². The first-order chi connectivity index (χ1) is 15.2. The molecule has 31 heavy (non-hydrogen) atoms. The Hall–Kier alpha value is -3.00. The Balaban J connectivity index is 1.25. The Morgan fingerprint density at radius 2 is 1.68 bits per heavy atom. The van der Waals surface area contributed by atoms with E-state index in [1.165, 1.54) is 18.5 Å². The Kier molecular flexibility index (Phi) is 5.55. The molecule has 0 bridgehead atoms.